The number of phenolic OH excluding ortho intramolecular Hbond substituents is 1. The maximum absolute atomic E-state index is 9.67. The van der Waals surface area contributed by atoms with E-state index in [0.717, 1.165) is 22.0 Å². The lowest BCUT2D eigenvalue weighted by Crippen LogP contribution is -2.01. The largest absolute Gasteiger partial charge is 0.504 e. The average molecular weight is 251 g/mol. The number of hydrogen-bond acceptors (Lipinski definition) is 6. The number of aromatic hydroxyl groups is 1. The van der Waals surface area contributed by atoms with Gasteiger partial charge in [0, 0.05) is 12.0 Å². The zero-order valence-electron chi connectivity index (χ0n) is 9.38. The van der Waals surface area contributed by atoms with Crippen LogP contribution in [-0.2, 0) is 6.42 Å². The Balaban J connectivity index is 2.29. The molecule has 2 aromatic rings. The Morgan fingerprint density at radius 2 is 2.24 bits per heavy atom. The maximum Gasteiger partial charge on any atom is 0.160 e. The average Bonchev–Trinajstić information content (AvgIpc) is 2.78. The molecule has 17 heavy (non-hydrogen) atoms. The van der Waals surface area contributed by atoms with E-state index < -0.39 is 0 Å². The van der Waals surface area contributed by atoms with Crippen molar-refractivity contribution < 1.29 is 9.84 Å². The summed E-state index contributed by atoms with van der Waals surface area (Å²) in [6.45, 7) is 0.558. The minimum atomic E-state index is 0.0978. The molecule has 1 heterocycles. The van der Waals surface area contributed by atoms with Crippen molar-refractivity contribution in [2.45, 2.75) is 6.42 Å². The summed E-state index contributed by atoms with van der Waals surface area (Å²) in [7, 11) is 1.51. The van der Waals surface area contributed by atoms with Gasteiger partial charge in [0.05, 0.1) is 7.11 Å². The summed E-state index contributed by atoms with van der Waals surface area (Å²) in [4.78, 5) is 0. The number of benzene rings is 1. The fourth-order valence-electron chi connectivity index (χ4n) is 1.42. The van der Waals surface area contributed by atoms with E-state index in [9.17, 15) is 5.11 Å². The molecule has 1 aromatic carbocycles. The Bertz CT molecular complexity index is 513. The molecule has 0 unspecified atom stereocenters. The molecule has 0 bridgehead atoms. The normalized spacial score (nSPS) is 10.5. The van der Waals surface area contributed by atoms with Crippen LogP contribution in [0.15, 0.2) is 18.2 Å². The van der Waals surface area contributed by atoms with Gasteiger partial charge in [-0.15, -0.1) is 10.2 Å². The molecule has 1 aromatic heterocycles. The molecule has 0 radical (unpaired) electrons. The Morgan fingerprint density at radius 3 is 2.88 bits per heavy atom. The molecule has 0 atom stereocenters. The van der Waals surface area contributed by atoms with Gasteiger partial charge in [0.25, 0.3) is 0 Å². The fourth-order valence-corrected chi connectivity index (χ4v) is 2.27. The van der Waals surface area contributed by atoms with Gasteiger partial charge in [-0.3, -0.25) is 0 Å². The maximum atomic E-state index is 9.67. The number of nitrogens with zero attached hydrogens (tertiary/aromatic N) is 2. The molecule has 3 N–H and O–H groups in total. The summed E-state index contributed by atoms with van der Waals surface area (Å²) >= 11 is 1.48. The van der Waals surface area contributed by atoms with Crippen LogP contribution in [0.2, 0.25) is 0 Å². The third kappa shape index (κ3) is 2.54. The van der Waals surface area contributed by atoms with Gasteiger partial charge in [-0.2, -0.15) is 0 Å². The Morgan fingerprint density at radius 1 is 1.41 bits per heavy atom. The van der Waals surface area contributed by atoms with Gasteiger partial charge in [0.1, 0.15) is 10.0 Å². The lowest BCUT2D eigenvalue weighted by Gasteiger charge is -2.03. The van der Waals surface area contributed by atoms with Crippen molar-refractivity contribution in [1.29, 1.82) is 0 Å². The van der Waals surface area contributed by atoms with Gasteiger partial charge < -0.3 is 15.6 Å². The van der Waals surface area contributed by atoms with Gasteiger partial charge in [-0.05, 0) is 24.7 Å². The number of methoxy groups -OCH3 is 1. The van der Waals surface area contributed by atoms with Crippen molar-refractivity contribution >= 4 is 11.3 Å². The van der Waals surface area contributed by atoms with E-state index in [4.69, 9.17) is 10.5 Å². The highest BCUT2D eigenvalue weighted by atomic mass is 32.1. The smallest absolute Gasteiger partial charge is 0.160 e. The highest BCUT2D eigenvalue weighted by Crippen LogP contribution is 2.32. The minimum absolute atomic E-state index is 0.0978. The first-order chi connectivity index (χ1) is 8.24. The Labute approximate surface area is 103 Å². The van der Waals surface area contributed by atoms with Crippen molar-refractivity contribution in [1.82, 2.24) is 10.2 Å². The van der Waals surface area contributed by atoms with E-state index in [1.807, 2.05) is 6.07 Å². The second-order valence-electron chi connectivity index (χ2n) is 3.43. The van der Waals surface area contributed by atoms with E-state index in [-0.39, 0.29) is 5.75 Å². The van der Waals surface area contributed by atoms with Crippen LogP contribution >= 0.6 is 11.3 Å². The minimum Gasteiger partial charge on any atom is -0.504 e. The molecule has 90 valence electrons. The number of hydrogen-bond donors (Lipinski definition) is 2. The molecule has 0 amide bonds. The van der Waals surface area contributed by atoms with E-state index in [0.29, 0.717) is 12.3 Å². The predicted octanol–water partition coefficient (Wildman–Crippen LogP) is 1.42. The number of phenols is 1. The van der Waals surface area contributed by atoms with Crippen LogP contribution < -0.4 is 10.5 Å². The number of rotatable bonds is 4. The third-order valence-electron chi connectivity index (χ3n) is 2.25. The van der Waals surface area contributed by atoms with Crippen molar-refractivity contribution in [3.05, 3.63) is 23.2 Å². The summed E-state index contributed by atoms with van der Waals surface area (Å²) in [5.41, 5.74) is 6.28. The van der Waals surface area contributed by atoms with Crippen LogP contribution in [0.1, 0.15) is 5.01 Å². The van der Waals surface area contributed by atoms with Crippen molar-refractivity contribution in [2.75, 3.05) is 13.7 Å². The standard InChI is InChI=1S/C11H13N3O2S/c1-16-9-3-2-7(6-8(9)15)11-14-13-10(17-11)4-5-12/h2-3,6,15H,4-5,12H2,1H3. The van der Waals surface area contributed by atoms with Crippen LogP contribution in [0.4, 0.5) is 0 Å². The van der Waals surface area contributed by atoms with Gasteiger partial charge >= 0.3 is 0 Å². The second-order valence-corrected chi connectivity index (χ2v) is 4.49. The molecule has 0 saturated heterocycles. The molecular weight excluding hydrogens is 238 g/mol. The number of nitrogens with two attached hydrogens (primary N) is 1. The summed E-state index contributed by atoms with van der Waals surface area (Å²) in [6.07, 6.45) is 0.722. The molecule has 6 heteroatoms. The molecule has 5 nitrogen and oxygen atoms in total. The van der Waals surface area contributed by atoms with E-state index in [1.165, 1.54) is 18.4 Å². The molecule has 0 aliphatic heterocycles. The van der Waals surface area contributed by atoms with E-state index >= 15 is 0 Å². The molecule has 0 saturated carbocycles. The van der Waals surface area contributed by atoms with Crippen LogP contribution in [0.5, 0.6) is 11.5 Å². The summed E-state index contributed by atoms with van der Waals surface area (Å²) in [6, 6.07) is 5.16. The van der Waals surface area contributed by atoms with Gasteiger partial charge in [-0.25, -0.2) is 0 Å². The summed E-state index contributed by atoms with van der Waals surface area (Å²) in [5, 5.41) is 19.4. The number of aromatic nitrogens is 2. The molecular formula is C11H13N3O2S. The highest BCUT2D eigenvalue weighted by molar-refractivity contribution is 7.14. The Kier molecular flexibility index (Phi) is 3.55. The quantitative estimate of drug-likeness (QED) is 0.859. The van der Waals surface area contributed by atoms with Crippen LogP contribution in [-0.4, -0.2) is 29.0 Å². The molecule has 0 aliphatic carbocycles. The second kappa shape index (κ2) is 5.11. The van der Waals surface area contributed by atoms with Crippen molar-refractivity contribution in [3.8, 4) is 22.1 Å². The summed E-state index contributed by atoms with van der Waals surface area (Å²) in [5.74, 6) is 0.543. The van der Waals surface area contributed by atoms with Crippen molar-refractivity contribution in [3.63, 3.8) is 0 Å². The van der Waals surface area contributed by atoms with Crippen LogP contribution in [0.3, 0.4) is 0 Å². The van der Waals surface area contributed by atoms with E-state index in [1.54, 1.807) is 12.1 Å². The Hall–Kier alpha value is -1.66. The van der Waals surface area contributed by atoms with Gasteiger partial charge in [0.2, 0.25) is 0 Å². The SMILES string of the molecule is COc1ccc(-c2nnc(CCN)s2)cc1O. The zero-order valence-corrected chi connectivity index (χ0v) is 10.2. The first kappa shape index (κ1) is 11.8. The monoisotopic (exact) mass is 251 g/mol. The van der Waals surface area contributed by atoms with Crippen LogP contribution in [0, 0.1) is 0 Å². The zero-order chi connectivity index (χ0) is 12.3. The van der Waals surface area contributed by atoms with Gasteiger partial charge in [-0.1, -0.05) is 11.3 Å². The first-order valence-corrected chi connectivity index (χ1v) is 5.96. The lowest BCUT2D eigenvalue weighted by molar-refractivity contribution is 0.373. The fraction of sp³-hybridized carbons (Fsp3) is 0.273. The van der Waals surface area contributed by atoms with Gasteiger partial charge in [0.15, 0.2) is 11.5 Å². The summed E-state index contributed by atoms with van der Waals surface area (Å²) < 4.78 is 4.98. The van der Waals surface area contributed by atoms with E-state index in [2.05, 4.69) is 10.2 Å². The number of ether oxygens (including phenoxy) is 1. The molecule has 0 fully saturated rings. The lowest BCUT2D eigenvalue weighted by atomic mass is 10.2. The molecule has 0 spiro atoms. The predicted molar refractivity (Wildman–Crippen MR) is 66.3 cm³/mol. The highest BCUT2D eigenvalue weighted by Gasteiger charge is 2.09. The molecule has 0 aliphatic rings. The van der Waals surface area contributed by atoms with Crippen molar-refractivity contribution in [2.24, 2.45) is 5.73 Å². The third-order valence-corrected chi connectivity index (χ3v) is 3.28. The topological polar surface area (TPSA) is 81.3 Å². The molecule has 2 rings (SSSR count). The first-order valence-electron chi connectivity index (χ1n) is 5.14. The van der Waals surface area contributed by atoms with Crippen LogP contribution in [0.25, 0.3) is 10.6 Å².